The highest BCUT2D eigenvalue weighted by Gasteiger charge is 2.14. The van der Waals surface area contributed by atoms with Crippen molar-refractivity contribution in [3.63, 3.8) is 0 Å². The largest absolute Gasteiger partial charge is 0.508 e. The van der Waals surface area contributed by atoms with Crippen LogP contribution in [0.5, 0.6) is 11.5 Å². The van der Waals surface area contributed by atoms with Crippen molar-refractivity contribution in [2.24, 2.45) is 0 Å². The molecule has 0 saturated carbocycles. The summed E-state index contributed by atoms with van der Waals surface area (Å²) in [5.74, 6) is -1.63. The number of fused-ring (bicyclic) bond motifs is 2. The zero-order chi connectivity index (χ0) is 24.1. The lowest BCUT2D eigenvalue weighted by molar-refractivity contribution is -0.139. The normalized spacial score (nSPS) is 12.5. The van der Waals surface area contributed by atoms with Gasteiger partial charge in [-0.15, -0.1) is 0 Å². The molecule has 0 heterocycles. The van der Waals surface area contributed by atoms with Gasteiger partial charge in [-0.05, 0) is 70.8 Å². The summed E-state index contributed by atoms with van der Waals surface area (Å²) in [6, 6.07) is 21.9. The van der Waals surface area contributed by atoms with Crippen molar-refractivity contribution in [3.05, 3.63) is 83.9 Å². The number of hydrogen-bond acceptors (Lipinski definition) is 4. The molecule has 6 heteroatoms. The predicted octanol–water partition coefficient (Wildman–Crippen LogP) is 5.77. The average molecular weight is 446 g/mol. The number of ether oxygens (including phenoxy) is 1. The maximum atomic E-state index is 10.9. The Balaban J connectivity index is 0.000000186. The number of benzene rings is 4. The van der Waals surface area contributed by atoms with Crippen LogP contribution in [0.2, 0.25) is 0 Å². The molecule has 33 heavy (non-hydrogen) atoms. The van der Waals surface area contributed by atoms with Crippen LogP contribution in [-0.2, 0) is 9.59 Å². The first-order valence-electron chi connectivity index (χ1n) is 10.5. The van der Waals surface area contributed by atoms with E-state index in [1.165, 1.54) is 0 Å². The summed E-state index contributed by atoms with van der Waals surface area (Å²) in [5, 5.41) is 31.1. The quantitative estimate of drug-likeness (QED) is 0.360. The van der Waals surface area contributed by atoms with Crippen LogP contribution in [0, 0.1) is 0 Å². The fourth-order valence-corrected chi connectivity index (χ4v) is 3.44. The molecule has 0 bridgehead atoms. The SMILES string of the molecule is COc1ccc2cc([C@@H](C)C(=O)O)ccc2c1.C[C@@H](C(=O)O)c1ccc2cc(O)ccc2c1. The Morgan fingerprint density at radius 2 is 1.09 bits per heavy atom. The molecule has 0 aliphatic heterocycles. The van der Waals surface area contributed by atoms with Gasteiger partial charge in [0.2, 0.25) is 0 Å². The molecule has 0 aliphatic rings. The van der Waals surface area contributed by atoms with E-state index < -0.39 is 23.8 Å². The minimum atomic E-state index is -0.835. The summed E-state index contributed by atoms with van der Waals surface area (Å²) >= 11 is 0. The molecule has 0 aromatic heterocycles. The monoisotopic (exact) mass is 446 g/mol. The Morgan fingerprint density at radius 3 is 1.58 bits per heavy atom. The number of carboxylic acids is 2. The van der Waals surface area contributed by atoms with Gasteiger partial charge in [0.25, 0.3) is 0 Å². The van der Waals surface area contributed by atoms with Crippen LogP contribution in [-0.4, -0.2) is 34.4 Å². The molecule has 4 aromatic rings. The first-order chi connectivity index (χ1) is 15.7. The minimum absolute atomic E-state index is 0.214. The van der Waals surface area contributed by atoms with Crippen molar-refractivity contribution in [2.45, 2.75) is 25.7 Å². The number of aromatic hydroxyl groups is 1. The second-order valence-electron chi connectivity index (χ2n) is 7.88. The van der Waals surface area contributed by atoms with E-state index in [0.29, 0.717) is 0 Å². The van der Waals surface area contributed by atoms with E-state index in [1.54, 1.807) is 45.2 Å². The zero-order valence-electron chi connectivity index (χ0n) is 18.6. The molecule has 0 aliphatic carbocycles. The summed E-state index contributed by atoms with van der Waals surface area (Å²) in [5.41, 5.74) is 1.58. The van der Waals surface area contributed by atoms with Crippen molar-refractivity contribution in [3.8, 4) is 11.5 Å². The fraction of sp³-hybridized carbons (Fsp3) is 0.185. The Hall–Kier alpha value is -4.06. The van der Waals surface area contributed by atoms with E-state index in [2.05, 4.69) is 0 Å². The molecule has 3 N–H and O–H groups in total. The summed E-state index contributed by atoms with van der Waals surface area (Å²) in [7, 11) is 1.63. The third-order valence-corrected chi connectivity index (χ3v) is 5.66. The number of aliphatic carboxylic acids is 2. The Kier molecular flexibility index (Phi) is 7.18. The molecule has 170 valence electrons. The molecule has 4 rings (SSSR count). The lowest BCUT2D eigenvalue weighted by atomic mass is 9.98. The number of hydrogen-bond donors (Lipinski definition) is 3. The van der Waals surface area contributed by atoms with Crippen LogP contribution in [0.1, 0.15) is 36.8 Å². The third kappa shape index (κ3) is 5.60. The van der Waals surface area contributed by atoms with Gasteiger partial charge in [0.15, 0.2) is 0 Å². The van der Waals surface area contributed by atoms with Crippen LogP contribution < -0.4 is 4.74 Å². The predicted molar refractivity (Wildman–Crippen MR) is 128 cm³/mol. The van der Waals surface area contributed by atoms with Gasteiger partial charge < -0.3 is 20.1 Å². The van der Waals surface area contributed by atoms with Gasteiger partial charge >= 0.3 is 11.9 Å². The molecular weight excluding hydrogens is 420 g/mol. The van der Waals surface area contributed by atoms with E-state index in [0.717, 1.165) is 38.4 Å². The van der Waals surface area contributed by atoms with Gasteiger partial charge in [0.05, 0.1) is 18.9 Å². The Morgan fingerprint density at radius 1 is 0.667 bits per heavy atom. The van der Waals surface area contributed by atoms with E-state index in [1.807, 2.05) is 48.5 Å². The second kappa shape index (κ2) is 10.0. The number of carbonyl (C=O) groups is 2. The summed E-state index contributed by atoms with van der Waals surface area (Å²) < 4.78 is 5.14. The molecule has 0 unspecified atom stereocenters. The van der Waals surface area contributed by atoms with Gasteiger partial charge in [0.1, 0.15) is 11.5 Å². The molecule has 0 radical (unpaired) electrons. The molecule has 0 spiro atoms. The molecule has 0 saturated heterocycles. The van der Waals surface area contributed by atoms with Crippen LogP contribution in [0.15, 0.2) is 72.8 Å². The lowest BCUT2D eigenvalue weighted by Gasteiger charge is -2.08. The van der Waals surface area contributed by atoms with Crippen molar-refractivity contribution < 1.29 is 29.6 Å². The Bertz CT molecular complexity index is 1310. The highest BCUT2D eigenvalue weighted by atomic mass is 16.5. The smallest absolute Gasteiger partial charge is 0.310 e. The summed E-state index contributed by atoms with van der Waals surface area (Å²) in [6.07, 6.45) is 0. The molecule has 2 atom stereocenters. The summed E-state index contributed by atoms with van der Waals surface area (Å²) in [6.45, 7) is 3.34. The van der Waals surface area contributed by atoms with E-state index in [-0.39, 0.29) is 5.75 Å². The highest BCUT2D eigenvalue weighted by molar-refractivity contribution is 5.87. The van der Waals surface area contributed by atoms with Crippen LogP contribution >= 0.6 is 0 Å². The zero-order valence-corrected chi connectivity index (χ0v) is 18.6. The second-order valence-corrected chi connectivity index (χ2v) is 7.88. The van der Waals surface area contributed by atoms with Crippen LogP contribution in [0.4, 0.5) is 0 Å². The number of carboxylic acid groups (broad SMARTS) is 2. The number of rotatable bonds is 5. The van der Waals surface area contributed by atoms with Crippen molar-refractivity contribution in [2.75, 3.05) is 7.11 Å². The fourth-order valence-electron chi connectivity index (χ4n) is 3.44. The van der Waals surface area contributed by atoms with Crippen molar-refractivity contribution in [1.82, 2.24) is 0 Å². The topological polar surface area (TPSA) is 104 Å². The van der Waals surface area contributed by atoms with Gasteiger partial charge in [-0.25, -0.2) is 0 Å². The minimum Gasteiger partial charge on any atom is -0.508 e. The van der Waals surface area contributed by atoms with E-state index in [4.69, 9.17) is 14.9 Å². The number of phenols is 1. The Labute approximate surface area is 191 Å². The van der Waals surface area contributed by atoms with Gasteiger partial charge in [0, 0.05) is 0 Å². The molecule has 4 aromatic carbocycles. The molecular formula is C27H26O6. The third-order valence-electron chi connectivity index (χ3n) is 5.66. The lowest BCUT2D eigenvalue weighted by Crippen LogP contribution is -2.06. The van der Waals surface area contributed by atoms with E-state index in [9.17, 15) is 14.7 Å². The van der Waals surface area contributed by atoms with Crippen LogP contribution in [0.3, 0.4) is 0 Å². The maximum Gasteiger partial charge on any atom is 0.310 e. The van der Waals surface area contributed by atoms with Crippen molar-refractivity contribution in [1.29, 1.82) is 0 Å². The van der Waals surface area contributed by atoms with E-state index >= 15 is 0 Å². The summed E-state index contributed by atoms with van der Waals surface area (Å²) in [4.78, 5) is 21.8. The molecule has 0 fully saturated rings. The number of phenolic OH excluding ortho intramolecular Hbond substituents is 1. The number of methoxy groups -OCH3 is 1. The van der Waals surface area contributed by atoms with Crippen LogP contribution in [0.25, 0.3) is 21.5 Å². The van der Waals surface area contributed by atoms with Crippen molar-refractivity contribution >= 4 is 33.5 Å². The van der Waals surface area contributed by atoms with Gasteiger partial charge in [-0.2, -0.15) is 0 Å². The van der Waals surface area contributed by atoms with Gasteiger partial charge in [-0.3, -0.25) is 9.59 Å². The first-order valence-corrected chi connectivity index (χ1v) is 10.5. The molecule has 0 amide bonds. The first kappa shape index (κ1) is 23.6. The van der Waals surface area contributed by atoms with Gasteiger partial charge in [-0.1, -0.05) is 48.5 Å². The standard InChI is InChI=1S/C14H14O3.C13H12O3/c1-9(14(15)16)10-3-4-12-8-13(17-2)6-5-11(12)7-10;1-8(13(15)16)9-2-3-11-7-12(14)5-4-10(11)6-9/h3-9H,1-2H3,(H,15,16);2-8,14H,1H3,(H,15,16)/t9-;8-/m11/s1. The highest BCUT2D eigenvalue weighted by Crippen LogP contribution is 2.26. The molecule has 6 nitrogen and oxygen atoms in total. The maximum absolute atomic E-state index is 10.9. The average Bonchev–Trinajstić information content (AvgIpc) is 2.82.